The number of ether oxygens (including phenoxy) is 2. The Hall–Kier alpha value is -1.92. The minimum absolute atomic E-state index is 0.0390. The number of benzene rings is 1. The summed E-state index contributed by atoms with van der Waals surface area (Å²) in [6, 6.07) is 8.03. The largest absolute Gasteiger partial charge is 0.353 e. The molecule has 146 valence electrons. The van der Waals surface area contributed by atoms with E-state index in [4.69, 9.17) is 9.47 Å². The molecule has 1 N–H and O–H groups in total. The summed E-state index contributed by atoms with van der Waals surface area (Å²) < 4.78 is 14.3. The molecule has 2 aliphatic rings. The molecule has 1 atom stereocenters. The third kappa shape index (κ3) is 4.17. The van der Waals surface area contributed by atoms with Gasteiger partial charge in [-0.15, -0.1) is 0 Å². The summed E-state index contributed by atoms with van der Waals surface area (Å²) in [4.78, 5) is 16.9. The molecule has 0 bridgehead atoms. The highest BCUT2D eigenvalue weighted by atomic mass is 16.7. The normalized spacial score (nSPS) is 22.2. The van der Waals surface area contributed by atoms with Crippen LogP contribution in [-0.2, 0) is 20.8 Å². The molecule has 1 aliphatic heterocycles. The SMILES string of the molecule is Cc1nc2ccccc2n1CCC(=O)NCC1COC2(CCCCCC2)O1. The maximum atomic E-state index is 12.3. The van der Waals surface area contributed by atoms with Gasteiger partial charge in [-0.25, -0.2) is 4.98 Å². The van der Waals surface area contributed by atoms with Crippen LogP contribution in [0.3, 0.4) is 0 Å². The predicted octanol–water partition coefficient (Wildman–Crippen LogP) is 3.32. The van der Waals surface area contributed by atoms with Crippen LogP contribution in [0.1, 0.15) is 50.8 Å². The molecule has 1 saturated heterocycles. The Balaban J connectivity index is 1.26. The Kier molecular flexibility index (Phi) is 5.45. The lowest BCUT2D eigenvalue weighted by atomic mass is 10.1. The minimum atomic E-state index is -0.390. The third-order valence-electron chi connectivity index (χ3n) is 5.71. The summed E-state index contributed by atoms with van der Waals surface area (Å²) in [5.74, 6) is 0.586. The van der Waals surface area contributed by atoms with E-state index >= 15 is 0 Å². The predicted molar refractivity (Wildman–Crippen MR) is 103 cm³/mol. The van der Waals surface area contributed by atoms with Crippen LogP contribution >= 0.6 is 0 Å². The van der Waals surface area contributed by atoms with Gasteiger partial charge in [0.2, 0.25) is 5.91 Å². The van der Waals surface area contributed by atoms with Gasteiger partial charge in [0, 0.05) is 32.4 Å². The van der Waals surface area contributed by atoms with Gasteiger partial charge in [-0.05, 0) is 31.9 Å². The molecule has 2 heterocycles. The Morgan fingerprint density at radius 2 is 2.04 bits per heavy atom. The number of rotatable bonds is 5. The Morgan fingerprint density at radius 3 is 2.85 bits per heavy atom. The molecule has 1 aliphatic carbocycles. The van der Waals surface area contributed by atoms with Crippen LogP contribution < -0.4 is 5.32 Å². The van der Waals surface area contributed by atoms with Gasteiger partial charge < -0.3 is 19.4 Å². The number of hydrogen-bond acceptors (Lipinski definition) is 4. The number of aryl methyl sites for hydroxylation is 2. The van der Waals surface area contributed by atoms with Crippen LogP contribution in [0.4, 0.5) is 0 Å². The number of aromatic nitrogens is 2. The average molecular weight is 371 g/mol. The number of nitrogens with one attached hydrogen (secondary N) is 1. The van der Waals surface area contributed by atoms with Gasteiger partial charge in [0.15, 0.2) is 5.79 Å². The van der Waals surface area contributed by atoms with E-state index in [9.17, 15) is 4.79 Å². The zero-order chi connectivity index (χ0) is 18.7. The van der Waals surface area contributed by atoms with Crippen molar-refractivity contribution in [3.63, 3.8) is 0 Å². The van der Waals surface area contributed by atoms with E-state index < -0.39 is 5.79 Å². The smallest absolute Gasteiger partial charge is 0.221 e. The maximum Gasteiger partial charge on any atom is 0.221 e. The fourth-order valence-corrected chi connectivity index (χ4v) is 4.25. The molecule has 4 rings (SSSR count). The Bertz CT molecular complexity index is 793. The van der Waals surface area contributed by atoms with Gasteiger partial charge in [-0.3, -0.25) is 4.79 Å². The van der Waals surface area contributed by atoms with E-state index in [-0.39, 0.29) is 12.0 Å². The molecule has 6 nitrogen and oxygen atoms in total. The molecular weight excluding hydrogens is 342 g/mol. The molecule has 27 heavy (non-hydrogen) atoms. The van der Waals surface area contributed by atoms with Crippen molar-refractivity contribution >= 4 is 16.9 Å². The number of nitrogens with zero attached hydrogens (tertiary/aromatic N) is 2. The summed E-state index contributed by atoms with van der Waals surface area (Å²) in [5, 5.41) is 3.01. The third-order valence-corrected chi connectivity index (χ3v) is 5.71. The highest BCUT2D eigenvalue weighted by molar-refractivity contribution is 5.78. The molecule has 0 radical (unpaired) electrons. The maximum absolute atomic E-state index is 12.3. The fraction of sp³-hybridized carbons (Fsp3) is 0.619. The second kappa shape index (κ2) is 7.98. The van der Waals surface area contributed by atoms with Gasteiger partial charge in [-0.1, -0.05) is 25.0 Å². The lowest BCUT2D eigenvalue weighted by Gasteiger charge is -2.26. The molecule has 1 amide bonds. The van der Waals surface area contributed by atoms with Crippen molar-refractivity contribution < 1.29 is 14.3 Å². The van der Waals surface area contributed by atoms with Crippen LogP contribution in [0.2, 0.25) is 0 Å². The highest BCUT2D eigenvalue weighted by Gasteiger charge is 2.41. The van der Waals surface area contributed by atoms with Gasteiger partial charge in [-0.2, -0.15) is 0 Å². The topological polar surface area (TPSA) is 65.4 Å². The van der Waals surface area contributed by atoms with Crippen molar-refractivity contribution in [2.24, 2.45) is 0 Å². The Labute approximate surface area is 160 Å². The number of imidazole rings is 1. The first-order valence-electron chi connectivity index (χ1n) is 10.2. The summed E-state index contributed by atoms with van der Waals surface area (Å²) in [6.45, 7) is 3.70. The number of amides is 1. The summed E-state index contributed by atoms with van der Waals surface area (Å²) in [7, 11) is 0. The van der Waals surface area contributed by atoms with Gasteiger partial charge in [0.05, 0.1) is 17.6 Å². The zero-order valence-corrected chi connectivity index (χ0v) is 16.1. The molecule has 1 aromatic carbocycles. The highest BCUT2D eigenvalue weighted by Crippen LogP contribution is 2.36. The first kappa shape index (κ1) is 18.4. The average Bonchev–Trinajstić information content (AvgIpc) is 3.12. The van der Waals surface area contributed by atoms with E-state index in [1.54, 1.807) is 0 Å². The van der Waals surface area contributed by atoms with Crippen LogP contribution in [0, 0.1) is 6.92 Å². The standard InChI is InChI=1S/C21H29N3O3/c1-16-23-18-8-4-5-9-19(18)24(16)13-10-20(25)22-14-17-15-26-21(27-17)11-6-2-3-7-12-21/h4-5,8-9,17H,2-3,6-7,10-15H2,1H3,(H,22,25). The summed E-state index contributed by atoms with van der Waals surface area (Å²) in [5.41, 5.74) is 2.05. The van der Waals surface area contributed by atoms with Crippen LogP contribution in [0.5, 0.6) is 0 Å². The first-order valence-corrected chi connectivity index (χ1v) is 10.2. The van der Waals surface area contributed by atoms with Crippen molar-refractivity contribution in [1.82, 2.24) is 14.9 Å². The Morgan fingerprint density at radius 1 is 1.26 bits per heavy atom. The van der Waals surface area contributed by atoms with Crippen molar-refractivity contribution in [2.75, 3.05) is 13.2 Å². The van der Waals surface area contributed by atoms with Gasteiger partial charge in [0.1, 0.15) is 11.9 Å². The molecule has 1 aromatic heterocycles. The monoisotopic (exact) mass is 371 g/mol. The van der Waals surface area contributed by atoms with Crippen LogP contribution in [0.25, 0.3) is 11.0 Å². The molecule has 2 aromatic rings. The number of fused-ring (bicyclic) bond motifs is 1. The quantitative estimate of drug-likeness (QED) is 0.876. The molecule has 6 heteroatoms. The van der Waals surface area contributed by atoms with Crippen LogP contribution in [-0.4, -0.2) is 40.5 Å². The lowest BCUT2D eigenvalue weighted by Crippen LogP contribution is -2.36. The van der Waals surface area contributed by atoms with E-state index in [1.165, 1.54) is 12.8 Å². The van der Waals surface area contributed by atoms with E-state index in [1.807, 2.05) is 31.2 Å². The number of para-hydroxylation sites is 2. The second-order valence-corrected chi connectivity index (χ2v) is 7.73. The molecule has 1 spiro atoms. The fourth-order valence-electron chi connectivity index (χ4n) is 4.25. The number of carbonyl (C=O) groups is 1. The van der Waals surface area contributed by atoms with Crippen molar-refractivity contribution in [3.8, 4) is 0 Å². The molecule has 1 saturated carbocycles. The molecular formula is C21H29N3O3. The van der Waals surface area contributed by atoms with Crippen molar-refractivity contribution in [2.45, 2.75) is 70.3 Å². The summed E-state index contributed by atoms with van der Waals surface area (Å²) >= 11 is 0. The zero-order valence-electron chi connectivity index (χ0n) is 16.1. The van der Waals surface area contributed by atoms with Crippen LogP contribution in [0.15, 0.2) is 24.3 Å². The summed E-state index contributed by atoms with van der Waals surface area (Å²) in [6.07, 6.45) is 7.20. The number of hydrogen-bond donors (Lipinski definition) is 1. The molecule has 1 unspecified atom stereocenters. The van der Waals surface area contributed by atoms with Gasteiger partial charge >= 0.3 is 0 Å². The van der Waals surface area contributed by atoms with E-state index in [0.717, 1.165) is 42.5 Å². The first-order chi connectivity index (χ1) is 13.2. The van der Waals surface area contributed by atoms with Crippen molar-refractivity contribution in [3.05, 3.63) is 30.1 Å². The molecule has 2 fully saturated rings. The van der Waals surface area contributed by atoms with Crippen molar-refractivity contribution in [1.29, 1.82) is 0 Å². The van der Waals surface area contributed by atoms with E-state index in [0.29, 0.717) is 26.1 Å². The lowest BCUT2D eigenvalue weighted by molar-refractivity contribution is -0.175. The van der Waals surface area contributed by atoms with Gasteiger partial charge in [0.25, 0.3) is 0 Å². The minimum Gasteiger partial charge on any atom is -0.353 e. The van der Waals surface area contributed by atoms with E-state index in [2.05, 4.69) is 14.9 Å². The second-order valence-electron chi connectivity index (χ2n) is 7.73. The number of carbonyl (C=O) groups excluding carboxylic acids is 1.